The van der Waals surface area contributed by atoms with Crippen molar-refractivity contribution in [3.8, 4) is 57.1 Å². The van der Waals surface area contributed by atoms with Gasteiger partial charge in [-0.15, -0.1) is 0 Å². The van der Waals surface area contributed by atoms with Crippen molar-refractivity contribution in [1.82, 2.24) is 0 Å². The first kappa shape index (κ1) is 23.3. The van der Waals surface area contributed by atoms with E-state index >= 15 is 0 Å². The Balaban J connectivity index is 1.40. The van der Waals surface area contributed by atoms with Crippen LogP contribution in [0.3, 0.4) is 0 Å². The quantitative estimate of drug-likeness (QED) is 0.204. The Bertz CT molecular complexity index is 2350. The summed E-state index contributed by atoms with van der Waals surface area (Å²) in [7, 11) is 0. The van der Waals surface area contributed by atoms with Crippen molar-refractivity contribution in [1.29, 1.82) is 0 Å². The molecule has 0 spiro atoms. The smallest absolute Gasteiger partial charge is 0.163 e. The van der Waals surface area contributed by atoms with Crippen LogP contribution in [0, 0.1) is 0 Å². The van der Waals surface area contributed by atoms with E-state index in [9.17, 15) is 0 Å². The Morgan fingerprint density at radius 2 is 0.682 bits per heavy atom. The first-order valence-corrected chi connectivity index (χ1v) is 14.1. The van der Waals surface area contributed by atoms with Crippen LogP contribution in [-0.4, -0.2) is 0 Å². The third-order valence-corrected chi connectivity index (χ3v) is 7.92. The number of hydrogen-bond donors (Lipinski definition) is 0. The Kier molecular flexibility index (Phi) is 4.57. The first-order valence-electron chi connectivity index (χ1n) is 14.1. The number of nitrogens with zero attached hydrogens (tertiary/aromatic N) is 4. The van der Waals surface area contributed by atoms with Crippen molar-refractivity contribution in [3.63, 3.8) is 0 Å². The van der Waals surface area contributed by atoms with Gasteiger partial charge in [0, 0.05) is 12.1 Å². The van der Waals surface area contributed by atoms with Crippen LogP contribution in [-0.2, 0) is 0 Å². The SMILES string of the molecule is c1ccc2c(c1)N=c1cc3c(c(-c4c5c(cc6c4=Nc4ccccc4O6)=Nc4ccccc4O5)c1O2)=Nc1ccccc1O3. The Labute approximate surface area is 249 Å². The standard InChI is InChI=1S/C36H18N4O4/c1-7-15-27-19(9-1)37-23-17-29-33(39-21-11-3-5-13-25(21)41-29)31(35(23)43-27)32-34-30(42-26-14-6-4-12-22(26)40-34)18-24-36(32)44-28-16-8-2-10-20(28)38-24/h1-18H. The number of hydrogen-bond acceptors (Lipinski definition) is 8. The third kappa shape index (κ3) is 3.33. The summed E-state index contributed by atoms with van der Waals surface area (Å²) in [6.07, 6.45) is 0. The molecule has 206 valence electrons. The molecule has 8 nitrogen and oxygen atoms in total. The van der Waals surface area contributed by atoms with Gasteiger partial charge in [-0.2, -0.15) is 0 Å². The van der Waals surface area contributed by atoms with Gasteiger partial charge >= 0.3 is 0 Å². The second-order valence-corrected chi connectivity index (χ2v) is 10.6. The molecule has 44 heavy (non-hydrogen) atoms. The van der Waals surface area contributed by atoms with Crippen LogP contribution in [0.1, 0.15) is 0 Å². The molecule has 0 aliphatic carbocycles. The predicted molar refractivity (Wildman–Crippen MR) is 161 cm³/mol. The molecule has 0 radical (unpaired) electrons. The average Bonchev–Trinajstić information content (AvgIpc) is 3.06. The minimum absolute atomic E-state index is 0.515. The van der Waals surface area contributed by atoms with Crippen LogP contribution in [0.5, 0.6) is 46.0 Å². The molecule has 0 saturated carbocycles. The van der Waals surface area contributed by atoms with Crippen LogP contribution in [0.15, 0.2) is 129 Å². The number of ether oxygens (including phenoxy) is 4. The van der Waals surface area contributed by atoms with Crippen molar-refractivity contribution < 1.29 is 18.9 Å². The lowest BCUT2D eigenvalue weighted by Crippen LogP contribution is -2.28. The van der Waals surface area contributed by atoms with Crippen LogP contribution in [0.2, 0.25) is 0 Å². The fourth-order valence-electron chi connectivity index (χ4n) is 5.95. The molecule has 8 heteroatoms. The normalized spacial score (nSPS) is 13.5. The molecule has 6 aromatic carbocycles. The molecule has 4 aliphatic heterocycles. The molecule has 10 rings (SSSR count). The summed E-state index contributed by atoms with van der Waals surface area (Å²) in [6, 6.07) is 34.4. The van der Waals surface area contributed by atoms with Crippen LogP contribution in [0.25, 0.3) is 11.1 Å². The van der Waals surface area contributed by atoms with E-state index in [1.807, 2.05) is 109 Å². The average molecular weight is 571 g/mol. The zero-order valence-corrected chi connectivity index (χ0v) is 22.8. The molecule has 0 saturated heterocycles. The molecular weight excluding hydrogens is 552 g/mol. The summed E-state index contributed by atoms with van der Waals surface area (Å²) in [5, 5.41) is 2.35. The van der Waals surface area contributed by atoms with Gasteiger partial charge in [-0.3, -0.25) is 0 Å². The molecule has 4 aliphatic rings. The summed E-state index contributed by atoms with van der Waals surface area (Å²) in [6.45, 7) is 0. The topological polar surface area (TPSA) is 86.4 Å². The monoisotopic (exact) mass is 570 g/mol. The van der Waals surface area contributed by atoms with E-state index in [0.29, 0.717) is 89.9 Å². The second-order valence-electron chi connectivity index (χ2n) is 10.6. The van der Waals surface area contributed by atoms with Gasteiger partial charge in [-0.1, -0.05) is 48.5 Å². The van der Waals surface area contributed by atoms with Crippen LogP contribution < -0.4 is 40.4 Å². The highest BCUT2D eigenvalue weighted by Gasteiger charge is 2.31. The van der Waals surface area contributed by atoms with E-state index in [1.54, 1.807) is 0 Å². The molecule has 0 bridgehead atoms. The largest absolute Gasteiger partial charge is 0.453 e. The van der Waals surface area contributed by atoms with Gasteiger partial charge in [0.15, 0.2) is 46.0 Å². The highest BCUT2D eigenvalue weighted by atomic mass is 16.5. The second kappa shape index (κ2) is 8.62. The number of rotatable bonds is 1. The fraction of sp³-hybridized carbons (Fsp3) is 0. The van der Waals surface area contributed by atoms with E-state index in [1.165, 1.54) is 0 Å². The lowest BCUT2D eigenvalue weighted by Gasteiger charge is -2.25. The molecule has 0 fully saturated rings. The van der Waals surface area contributed by atoms with E-state index in [0.717, 1.165) is 11.4 Å². The number of benzene rings is 6. The lowest BCUT2D eigenvalue weighted by atomic mass is 9.97. The maximum atomic E-state index is 6.66. The zero-order chi connectivity index (χ0) is 28.8. The van der Waals surface area contributed by atoms with Gasteiger partial charge in [0.1, 0.15) is 44.2 Å². The predicted octanol–water partition coefficient (Wildman–Crippen LogP) is 7.58. The molecule has 0 aromatic heterocycles. The summed E-state index contributed by atoms with van der Waals surface area (Å²) in [4.78, 5) is 20.2. The molecule has 0 N–H and O–H groups in total. The molecule has 6 aromatic rings. The van der Waals surface area contributed by atoms with Gasteiger partial charge in [-0.25, -0.2) is 20.0 Å². The van der Waals surface area contributed by atoms with E-state index in [2.05, 4.69) is 0 Å². The third-order valence-electron chi connectivity index (χ3n) is 7.92. The Morgan fingerprint density at radius 3 is 1.09 bits per heavy atom. The maximum Gasteiger partial charge on any atom is 0.163 e. The summed E-state index contributed by atoms with van der Waals surface area (Å²) < 4.78 is 26.2. The van der Waals surface area contributed by atoms with Gasteiger partial charge < -0.3 is 18.9 Å². The number of fused-ring (bicyclic) bond motifs is 8. The number of para-hydroxylation sites is 8. The van der Waals surface area contributed by atoms with Crippen LogP contribution >= 0.6 is 0 Å². The van der Waals surface area contributed by atoms with Crippen molar-refractivity contribution >= 4 is 22.7 Å². The molecular formula is C36H18N4O4. The molecule has 0 amide bonds. The van der Waals surface area contributed by atoms with Crippen molar-refractivity contribution in [2.75, 3.05) is 0 Å². The molecule has 4 heterocycles. The summed E-state index contributed by atoms with van der Waals surface area (Å²) in [5.41, 5.74) is 4.08. The van der Waals surface area contributed by atoms with E-state index in [-0.39, 0.29) is 0 Å². The van der Waals surface area contributed by atoms with Gasteiger partial charge in [-0.05, 0) is 48.5 Å². The lowest BCUT2D eigenvalue weighted by molar-refractivity contribution is 0.445. The highest BCUT2D eigenvalue weighted by molar-refractivity contribution is 5.82. The fourth-order valence-corrected chi connectivity index (χ4v) is 5.95. The Morgan fingerprint density at radius 1 is 0.341 bits per heavy atom. The minimum atomic E-state index is 0.515. The van der Waals surface area contributed by atoms with Crippen molar-refractivity contribution in [3.05, 3.63) is 131 Å². The van der Waals surface area contributed by atoms with Crippen LogP contribution in [0.4, 0.5) is 22.7 Å². The molecule has 0 unspecified atom stereocenters. The Hall–Kier alpha value is -6.28. The van der Waals surface area contributed by atoms with Gasteiger partial charge in [0.25, 0.3) is 0 Å². The van der Waals surface area contributed by atoms with Gasteiger partial charge in [0.05, 0.1) is 11.1 Å². The maximum absolute atomic E-state index is 6.66. The van der Waals surface area contributed by atoms with Gasteiger partial charge in [0.2, 0.25) is 0 Å². The van der Waals surface area contributed by atoms with Crippen molar-refractivity contribution in [2.24, 2.45) is 20.0 Å². The minimum Gasteiger partial charge on any atom is -0.453 e. The molecule has 0 atom stereocenters. The van der Waals surface area contributed by atoms with E-state index < -0.39 is 0 Å². The van der Waals surface area contributed by atoms with E-state index in [4.69, 9.17) is 38.9 Å². The highest BCUT2D eigenvalue weighted by Crippen LogP contribution is 2.45. The summed E-state index contributed by atoms with van der Waals surface area (Å²) >= 11 is 0. The summed E-state index contributed by atoms with van der Waals surface area (Å²) in [5.74, 6) is 4.69. The zero-order valence-electron chi connectivity index (χ0n) is 22.8. The van der Waals surface area contributed by atoms with Crippen molar-refractivity contribution in [2.45, 2.75) is 0 Å². The first-order chi connectivity index (χ1) is 21.8.